The van der Waals surface area contributed by atoms with Crippen LogP contribution in [-0.2, 0) is 25.6 Å². The van der Waals surface area contributed by atoms with E-state index in [1.165, 1.54) is 7.11 Å². The number of rotatable bonds is 9. The van der Waals surface area contributed by atoms with E-state index >= 15 is 0 Å². The van der Waals surface area contributed by atoms with Crippen molar-refractivity contribution in [2.75, 3.05) is 26.2 Å². The van der Waals surface area contributed by atoms with Gasteiger partial charge in [-0.2, -0.15) is 11.8 Å². The van der Waals surface area contributed by atoms with Gasteiger partial charge in [0.05, 0.1) is 19.9 Å². The van der Waals surface area contributed by atoms with Crippen LogP contribution in [0.2, 0.25) is 0 Å². The average molecular weight is 380 g/mol. The second-order valence-corrected chi connectivity index (χ2v) is 6.84. The zero-order valence-electron chi connectivity index (χ0n) is 15.2. The van der Waals surface area contributed by atoms with Crippen molar-refractivity contribution in [1.82, 2.24) is 5.32 Å². The Bertz CT molecular complexity index is 665. The molecule has 1 aliphatic heterocycles. The molecule has 0 unspecified atom stereocenters. The molecule has 0 spiro atoms. The van der Waals surface area contributed by atoms with Gasteiger partial charge in [-0.05, 0) is 36.1 Å². The van der Waals surface area contributed by atoms with E-state index in [9.17, 15) is 9.59 Å². The zero-order valence-corrected chi connectivity index (χ0v) is 16.0. The van der Waals surface area contributed by atoms with E-state index in [-0.39, 0.29) is 5.91 Å². The summed E-state index contributed by atoms with van der Waals surface area (Å²) in [6.07, 6.45) is 2.68. The molecule has 0 bridgehead atoms. The monoisotopic (exact) mass is 380 g/mol. The Kier molecular flexibility index (Phi) is 7.77. The number of nitrogens with zero attached hydrogens (tertiary/aromatic N) is 1. The predicted molar refractivity (Wildman–Crippen MR) is 101 cm³/mol. The van der Waals surface area contributed by atoms with Gasteiger partial charge in [0.15, 0.2) is 0 Å². The number of benzene rings is 1. The fraction of sp³-hybridized carbons (Fsp3) is 0.500. The molecule has 0 aromatic heterocycles. The second-order valence-electron chi connectivity index (χ2n) is 5.85. The van der Waals surface area contributed by atoms with Crippen LogP contribution in [-0.4, -0.2) is 56.0 Å². The van der Waals surface area contributed by atoms with Crippen LogP contribution in [0.1, 0.15) is 18.4 Å². The lowest BCUT2D eigenvalue weighted by atomic mass is 10.0. The van der Waals surface area contributed by atoms with Crippen LogP contribution in [0.25, 0.3) is 0 Å². The largest absolute Gasteiger partial charge is 0.497 e. The van der Waals surface area contributed by atoms with Gasteiger partial charge in [0.1, 0.15) is 11.8 Å². The molecule has 0 fully saturated rings. The fourth-order valence-electron chi connectivity index (χ4n) is 2.58. The van der Waals surface area contributed by atoms with Gasteiger partial charge in [0.25, 0.3) is 5.91 Å². The van der Waals surface area contributed by atoms with Crippen molar-refractivity contribution in [2.24, 2.45) is 5.16 Å². The molecule has 2 atom stereocenters. The highest BCUT2D eigenvalue weighted by Crippen LogP contribution is 2.18. The Morgan fingerprint density at radius 3 is 2.92 bits per heavy atom. The van der Waals surface area contributed by atoms with Gasteiger partial charge in [-0.25, -0.2) is 4.79 Å². The summed E-state index contributed by atoms with van der Waals surface area (Å²) in [5, 5.41) is 6.72. The predicted octanol–water partition coefficient (Wildman–Crippen LogP) is 1.79. The maximum atomic E-state index is 12.4. The molecule has 0 saturated heterocycles. The van der Waals surface area contributed by atoms with Crippen LogP contribution in [0.4, 0.5) is 0 Å². The van der Waals surface area contributed by atoms with Gasteiger partial charge in [-0.3, -0.25) is 4.79 Å². The Morgan fingerprint density at radius 1 is 1.42 bits per heavy atom. The molecule has 1 aliphatic rings. The maximum absolute atomic E-state index is 12.4. The summed E-state index contributed by atoms with van der Waals surface area (Å²) in [7, 11) is 2.92. The lowest BCUT2D eigenvalue weighted by Gasteiger charge is -2.17. The second kappa shape index (κ2) is 10.1. The summed E-state index contributed by atoms with van der Waals surface area (Å²) < 4.78 is 9.96. The third-order valence-electron chi connectivity index (χ3n) is 3.98. The smallest absolute Gasteiger partial charge is 0.328 e. The van der Waals surface area contributed by atoms with E-state index in [2.05, 4.69) is 10.5 Å². The van der Waals surface area contributed by atoms with E-state index in [1.54, 1.807) is 18.9 Å². The number of hydrogen-bond acceptors (Lipinski definition) is 7. The summed E-state index contributed by atoms with van der Waals surface area (Å²) in [5.41, 5.74) is 1.80. The summed E-state index contributed by atoms with van der Waals surface area (Å²) in [6, 6.07) is 6.99. The standard InChI is InChI=1S/C18H24N2O5S/c1-23-14-6-4-5-12(10-14)9-13-11-16(25-20-13)17(21)19-15(7-8-26-3)18(22)24-2/h4-6,10,15-16H,7-9,11H2,1-3H3,(H,19,21)/t15-,16+/m0/s1. The SMILES string of the molecule is COC(=O)[C@H](CCSC)NC(=O)[C@H]1CC(Cc2cccc(OC)c2)=NO1. The number of esters is 1. The average Bonchev–Trinajstić information content (AvgIpc) is 3.13. The minimum atomic E-state index is -0.725. The minimum Gasteiger partial charge on any atom is -0.497 e. The highest BCUT2D eigenvalue weighted by molar-refractivity contribution is 7.98. The number of oxime groups is 1. The molecule has 1 amide bonds. The number of carbonyl (C=O) groups excluding carboxylic acids is 2. The zero-order chi connectivity index (χ0) is 18.9. The highest BCUT2D eigenvalue weighted by atomic mass is 32.2. The molecule has 2 rings (SSSR count). The molecule has 0 saturated carbocycles. The molecule has 7 nitrogen and oxygen atoms in total. The van der Waals surface area contributed by atoms with Crippen LogP contribution in [0.3, 0.4) is 0 Å². The number of methoxy groups -OCH3 is 2. The quantitative estimate of drug-likeness (QED) is 0.658. The third-order valence-corrected chi connectivity index (χ3v) is 4.62. The topological polar surface area (TPSA) is 86.2 Å². The third kappa shape index (κ3) is 5.66. The van der Waals surface area contributed by atoms with E-state index < -0.39 is 18.1 Å². The Morgan fingerprint density at radius 2 is 2.23 bits per heavy atom. The van der Waals surface area contributed by atoms with Crippen LogP contribution in [0.5, 0.6) is 5.75 Å². The number of thioether (sulfide) groups is 1. The number of nitrogens with one attached hydrogen (secondary N) is 1. The van der Waals surface area contributed by atoms with Crippen molar-refractivity contribution in [1.29, 1.82) is 0 Å². The van der Waals surface area contributed by atoms with Gasteiger partial charge in [0, 0.05) is 12.8 Å². The number of amides is 1. The normalized spacial score (nSPS) is 17.0. The Hall–Kier alpha value is -2.22. The van der Waals surface area contributed by atoms with Crippen molar-refractivity contribution in [3.05, 3.63) is 29.8 Å². The fourth-order valence-corrected chi connectivity index (χ4v) is 3.05. The molecule has 8 heteroatoms. The van der Waals surface area contributed by atoms with Crippen LogP contribution in [0, 0.1) is 0 Å². The van der Waals surface area contributed by atoms with E-state index in [0.717, 1.165) is 22.8 Å². The molecule has 26 heavy (non-hydrogen) atoms. The number of hydrogen-bond donors (Lipinski definition) is 1. The van der Waals surface area contributed by atoms with E-state index in [0.29, 0.717) is 19.3 Å². The maximum Gasteiger partial charge on any atom is 0.328 e. The van der Waals surface area contributed by atoms with Crippen molar-refractivity contribution in [3.8, 4) is 5.75 Å². The lowest BCUT2D eigenvalue weighted by molar-refractivity contribution is -0.146. The molecular weight excluding hydrogens is 356 g/mol. The van der Waals surface area contributed by atoms with Crippen molar-refractivity contribution < 1.29 is 23.9 Å². The Balaban J connectivity index is 1.89. The first-order valence-electron chi connectivity index (χ1n) is 8.29. The lowest BCUT2D eigenvalue weighted by Crippen LogP contribution is -2.46. The molecule has 1 aromatic carbocycles. The van der Waals surface area contributed by atoms with Crippen LogP contribution >= 0.6 is 11.8 Å². The number of carbonyl (C=O) groups is 2. The van der Waals surface area contributed by atoms with Gasteiger partial charge in [-0.1, -0.05) is 17.3 Å². The first kappa shape index (κ1) is 20.1. The molecule has 1 N–H and O–H groups in total. The van der Waals surface area contributed by atoms with Gasteiger partial charge < -0.3 is 19.6 Å². The van der Waals surface area contributed by atoms with E-state index in [1.807, 2.05) is 30.5 Å². The van der Waals surface area contributed by atoms with Crippen LogP contribution in [0.15, 0.2) is 29.4 Å². The van der Waals surface area contributed by atoms with Crippen molar-refractivity contribution in [3.63, 3.8) is 0 Å². The molecule has 0 radical (unpaired) electrons. The molecule has 1 heterocycles. The van der Waals surface area contributed by atoms with E-state index in [4.69, 9.17) is 14.3 Å². The molecule has 0 aliphatic carbocycles. The first-order chi connectivity index (χ1) is 12.6. The highest BCUT2D eigenvalue weighted by Gasteiger charge is 2.31. The number of ether oxygens (including phenoxy) is 2. The first-order valence-corrected chi connectivity index (χ1v) is 9.68. The van der Waals surface area contributed by atoms with Crippen LogP contribution < -0.4 is 10.1 Å². The Labute approximate surface area is 157 Å². The summed E-state index contributed by atoms with van der Waals surface area (Å²) in [6.45, 7) is 0. The van der Waals surface area contributed by atoms with Crippen molar-refractivity contribution >= 4 is 29.4 Å². The summed E-state index contributed by atoms with van der Waals surface area (Å²) in [4.78, 5) is 29.5. The van der Waals surface area contributed by atoms with Gasteiger partial charge in [-0.15, -0.1) is 0 Å². The summed E-state index contributed by atoms with van der Waals surface area (Å²) in [5.74, 6) is 0.697. The minimum absolute atomic E-state index is 0.356. The van der Waals surface area contributed by atoms with Gasteiger partial charge in [0.2, 0.25) is 6.10 Å². The molecular formula is C18H24N2O5S. The molecule has 142 valence electrons. The van der Waals surface area contributed by atoms with Gasteiger partial charge >= 0.3 is 5.97 Å². The molecule has 1 aromatic rings. The summed E-state index contributed by atoms with van der Waals surface area (Å²) >= 11 is 1.60. The van der Waals surface area contributed by atoms with Crippen molar-refractivity contribution in [2.45, 2.75) is 31.4 Å².